The fourth-order valence-corrected chi connectivity index (χ4v) is 2.52. The molecule has 5 heteroatoms. The minimum Gasteiger partial charge on any atom is -0.330 e. The molecule has 1 aromatic heterocycles. The van der Waals surface area contributed by atoms with Gasteiger partial charge in [-0.15, -0.1) is 0 Å². The highest BCUT2D eigenvalue weighted by atomic mass is 16.1. The van der Waals surface area contributed by atoms with Gasteiger partial charge in [-0.3, -0.25) is 4.79 Å². The third kappa shape index (κ3) is 3.74. The molecule has 0 bridgehead atoms. The second-order valence-corrected chi connectivity index (χ2v) is 5.32. The molecule has 0 saturated carbocycles. The van der Waals surface area contributed by atoms with E-state index in [2.05, 4.69) is 24.3 Å². The minimum absolute atomic E-state index is 0.119. The second-order valence-electron chi connectivity index (χ2n) is 5.32. The maximum Gasteiger partial charge on any atom is 0.256 e. The van der Waals surface area contributed by atoms with Gasteiger partial charge in [0.05, 0.1) is 12.2 Å². The van der Waals surface area contributed by atoms with Crippen LogP contribution in [-0.4, -0.2) is 22.2 Å². The van der Waals surface area contributed by atoms with Crippen molar-refractivity contribution in [2.24, 2.45) is 5.73 Å². The molecule has 2 rings (SSSR count). The van der Waals surface area contributed by atoms with Crippen molar-refractivity contribution in [1.29, 1.82) is 0 Å². The number of carbonyl (C=O) groups is 1. The summed E-state index contributed by atoms with van der Waals surface area (Å²) in [7, 11) is 0. The molecule has 0 aliphatic rings. The van der Waals surface area contributed by atoms with Crippen molar-refractivity contribution >= 4 is 11.7 Å². The van der Waals surface area contributed by atoms with Gasteiger partial charge in [-0.2, -0.15) is 5.10 Å². The summed E-state index contributed by atoms with van der Waals surface area (Å²) in [5.41, 5.74) is 7.31. The van der Waals surface area contributed by atoms with E-state index in [-0.39, 0.29) is 5.91 Å². The van der Waals surface area contributed by atoms with Gasteiger partial charge >= 0.3 is 0 Å². The summed E-state index contributed by atoms with van der Waals surface area (Å²) in [5.74, 6) is 0.622. The number of anilines is 1. The molecule has 0 spiro atoms. The Morgan fingerprint density at radius 3 is 2.50 bits per heavy atom. The Morgan fingerprint density at radius 1 is 1.23 bits per heavy atom. The zero-order valence-electron chi connectivity index (χ0n) is 13.2. The molecular formula is C17H24N4O. The zero-order chi connectivity index (χ0) is 15.9. The number of nitrogens with zero attached hydrogens (tertiary/aromatic N) is 2. The quantitative estimate of drug-likeness (QED) is 0.825. The van der Waals surface area contributed by atoms with Gasteiger partial charge in [0.25, 0.3) is 5.91 Å². The zero-order valence-corrected chi connectivity index (χ0v) is 13.2. The lowest BCUT2D eigenvalue weighted by molar-refractivity contribution is 0.102. The van der Waals surface area contributed by atoms with Gasteiger partial charge in [0.2, 0.25) is 0 Å². The molecule has 0 saturated heterocycles. The number of nitrogens with two attached hydrogens (primary N) is 1. The number of nitrogens with one attached hydrogen (secondary N) is 1. The summed E-state index contributed by atoms with van der Waals surface area (Å²) >= 11 is 0. The molecule has 0 atom stereocenters. The smallest absolute Gasteiger partial charge is 0.256 e. The largest absolute Gasteiger partial charge is 0.330 e. The number of carbonyl (C=O) groups excluding carboxylic acids is 1. The Hall–Kier alpha value is -2.14. The highest BCUT2D eigenvalue weighted by Crippen LogP contribution is 2.20. The monoisotopic (exact) mass is 300 g/mol. The summed E-state index contributed by atoms with van der Waals surface area (Å²) < 4.78 is 1.89. The van der Waals surface area contributed by atoms with Crippen LogP contribution in [0.25, 0.3) is 0 Å². The number of aromatic nitrogens is 2. The van der Waals surface area contributed by atoms with Crippen LogP contribution in [0, 0.1) is 0 Å². The maximum atomic E-state index is 12.4. The van der Waals surface area contributed by atoms with E-state index in [4.69, 9.17) is 5.73 Å². The normalized spacial score (nSPS) is 10.9. The van der Waals surface area contributed by atoms with Crippen molar-refractivity contribution in [3.8, 4) is 0 Å². The first-order chi connectivity index (χ1) is 10.7. The van der Waals surface area contributed by atoms with Gasteiger partial charge in [0, 0.05) is 11.6 Å². The van der Waals surface area contributed by atoms with E-state index in [1.165, 1.54) is 0 Å². The van der Waals surface area contributed by atoms with Crippen LogP contribution in [0.5, 0.6) is 0 Å². The van der Waals surface area contributed by atoms with Gasteiger partial charge in [0.1, 0.15) is 5.82 Å². The van der Waals surface area contributed by atoms with E-state index < -0.39 is 0 Å². The van der Waals surface area contributed by atoms with Crippen molar-refractivity contribution in [2.75, 3.05) is 11.9 Å². The molecule has 1 aromatic carbocycles. The third-order valence-corrected chi connectivity index (χ3v) is 3.85. The number of hydrogen-bond acceptors (Lipinski definition) is 3. The van der Waals surface area contributed by atoms with Crippen molar-refractivity contribution in [1.82, 2.24) is 9.78 Å². The minimum atomic E-state index is -0.119. The number of benzene rings is 1. The van der Waals surface area contributed by atoms with Crippen molar-refractivity contribution < 1.29 is 4.79 Å². The molecule has 1 amide bonds. The molecule has 0 aliphatic heterocycles. The molecule has 0 unspecified atom stereocenters. The van der Waals surface area contributed by atoms with Crippen LogP contribution < -0.4 is 11.1 Å². The van der Waals surface area contributed by atoms with Crippen LogP contribution in [-0.2, 0) is 6.42 Å². The van der Waals surface area contributed by atoms with Crippen LogP contribution in [0.4, 0.5) is 5.82 Å². The highest BCUT2D eigenvalue weighted by Gasteiger charge is 2.14. The fraction of sp³-hybridized carbons (Fsp3) is 0.412. The van der Waals surface area contributed by atoms with Crippen LogP contribution >= 0.6 is 0 Å². The fourth-order valence-electron chi connectivity index (χ4n) is 2.52. The summed E-state index contributed by atoms with van der Waals surface area (Å²) in [5, 5.41) is 7.28. The number of amides is 1. The molecule has 22 heavy (non-hydrogen) atoms. The second kappa shape index (κ2) is 7.75. The molecule has 2 aromatic rings. The van der Waals surface area contributed by atoms with E-state index in [1.807, 2.05) is 35.0 Å². The first kappa shape index (κ1) is 16.2. The van der Waals surface area contributed by atoms with Gasteiger partial charge < -0.3 is 11.1 Å². The Kier molecular flexibility index (Phi) is 5.72. The molecular weight excluding hydrogens is 276 g/mol. The maximum absolute atomic E-state index is 12.4. The summed E-state index contributed by atoms with van der Waals surface area (Å²) in [6.07, 6.45) is 4.51. The van der Waals surface area contributed by atoms with E-state index in [0.29, 0.717) is 18.2 Å². The van der Waals surface area contributed by atoms with Crippen molar-refractivity contribution in [3.05, 3.63) is 47.7 Å². The first-order valence-corrected chi connectivity index (χ1v) is 7.83. The van der Waals surface area contributed by atoms with E-state index in [1.54, 1.807) is 6.20 Å². The first-order valence-electron chi connectivity index (χ1n) is 7.83. The number of rotatable bonds is 7. The van der Waals surface area contributed by atoms with Crippen LogP contribution in [0.1, 0.15) is 48.7 Å². The Bertz CT molecular complexity index is 599. The Balaban J connectivity index is 2.10. The molecule has 3 N–H and O–H groups in total. The van der Waals surface area contributed by atoms with Crippen molar-refractivity contribution in [3.63, 3.8) is 0 Å². The lowest BCUT2D eigenvalue weighted by Crippen LogP contribution is -2.18. The van der Waals surface area contributed by atoms with Gasteiger partial charge in [-0.05, 0) is 43.5 Å². The van der Waals surface area contributed by atoms with E-state index in [0.717, 1.165) is 30.6 Å². The topological polar surface area (TPSA) is 72.9 Å². The lowest BCUT2D eigenvalue weighted by atomic mass is 10.1. The van der Waals surface area contributed by atoms with Crippen LogP contribution in [0.15, 0.2) is 36.5 Å². The summed E-state index contributed by atoms with van der Waals surface area (Å²) in [6.45, 7) is 4.86. The van der Waals surface area contributed by atoms with Crippen molar-refractivity contribution in [2.45, 2.75) is 39.2 Å². The van der Waals surface area contributed by atoms with Gasteiger partial charge in [-0.1, -0.05) is 26.0 Å². The molecule has 5 nitrogen and oxygen atoms in total. The predicted octanol–water partition coefficient (Wildman–Crippen LogP) is 3.00. The van der Waals surface area contributed by atoms with Gasteiger partial charge in [-0.25, -0.2) is 4.68 Å². The third-order valence-electron chi connectivity index (χ3n) is 3.85. The molecule has 0 aliphatic carbocycles. The average molecular weight is 300 g/mol. The van der Waals surface area contributed by atoms with E-state index >= 15 is 0 Å². The predicted molar refractivity (Wildman–Crippen MR) is 89.0 cm³/mol. The van der Waals surface area contributed by atoms with Gasteiger partial charge in [0.15, 0.2) is 0 Å². The van der Waals surface area contributed by atoms with Crippen LogP contribution in [0.2, 0.25) is 0 Å². The average Bonchev–Trinajstić information content (AvgIpc) is 2.98. The molecule has 1 heterocycles. The molecule has 0 radical (unpaired) electrons. The molecule has 0 fully saturated rings. The van der Waals surface area contributed by atoms with E-state index in [9.17, 15) is 4.79 Å². The number of hydrogen-bond donors (Lipinski definition) is 2. The van der Waals surface area contributed by atoms with Crippen LogP contribution in [0.3, 0.4) is 0 Å². The summed E-state index contributed by atoms with van der Waals surface area (Å²) in [6, 6.07) is 9.69. The summed E-state index contributed by atoms with van der Waals surface area (Å²) in [4.78, 5) is 12.4. The Labute approximate surface area is 131 Å². The highest BCUT2D eigenvalue weighted by molar-refractivity contribution is 6.03. The Morgan fingerprint density at radius 2 is 1.91 bits per heavy atom. The standard InChI is InChI=1S/C17H24N4O/c1-3-15(4-2)21-16(10-12-19-21)20-17(22)14-7-5-13(6-8-14)9-11-18/h5-8,10,12,15H,3-4,9,11,18H2,1-2H3,(H,20,22). The SMILES string of the molecule is CCC(CC)n1nccc1NC(=O)c1ccc(CCN)cc1. The lowest BCUT2D eigenvalue weighted by Gasteiger charge is -2.17. The molecule has 118 valence electrons.